The number of nitrogens with zero attached hydrogens (tertiary/aromatic N) is 1. The van der Waals surface area contributed by atoms with Gasteiger partial charge in [0.1, 0.15) is 0 Å². The molecule has 0 heterocycles. The van der Waals surface area contributed by atoms with E-state index in [9.17, 15) is 5.26 Å². The SMILES string of the molecule is COCCOCC(C#N)(NC1CC1)c1ccccc1. The summed E-state index contributed by atoms with van der Waals surface area (Å²) in [5, 5.41) is 13.1. The molecule has 1 aliphatic carbocycles. The molecule has 0 amide bonds. The lowest BCUT2D eigenvalue weighted by Gasteiger charge is -2.28. The molecule has 1 N–H and O–H groups in total. The van der Waals surface area contributed by atoms with Gasteiger partial charge in [-0.15, -0.1) is 0 Å². The minimum atomic E-state index is -0.754. The standard InChI is InChI=1S/C15H20N2O2/c1-18-9-10-19-12-15(11-16,17-14-7-8-14)13-5-3-2-4-6-13/h2-6,14,17H,7-10,12H2,1H3. The summed E-state index contributed by atoms with van der Waals surface area (Å²) in [7, 11) is 1.64. The summed E-state index contributed by atoms with van der Waals surface area (Å²) in [5.74, 6) is 0. The molecular weight excluding hydrogens is 240 g/mol. The van der Waals surface area contributed by atoms with Crippen LogP contribution in [0.2, 0.25) is 0 Å². The van der Waals surface area contributed by atoms with Gasteiger partial charge in [0.25, 0.3) is 0 Å². The van der Waals surface area contributed by atoms with Gasteiger partial charge in [-0.1, -0.05) is 30.3 Å². The van der Waals surface area contributed by atoms with Gasteiger partial charge >= 0.3 is 0 Å². The highest BCUT2D eigenvalue weighted by Gasteiger charge is 2.38. The molecule has 1 aliphatic rings. The summed E-state index contributed by atoms with van der Waals surface area (Å²) in [6.07, 6.45) is 2.27. The number of nitriles is 1. The number of rotatable bonds is 8. The van der Waals surface area contributed by atoms with Gasteiger partial charge in [-0.05, 0) is 18.4 Å². The van der Waals surface area contributed by atoms with Crippen molar-refractivity contribution in [3.8, 4) is 6.07 Å². The number of ether oxygens (including phenoxy) is 2. The third kappa shape index (κ3) is 3.77. The van der Waals surface area contributed by atoms with E-state index >= 15 is 0 Å². The van der Waals surface area contributed by atoms with E-state index in [1.807, 2.05) is 30.3 Å². The number of nitrogens with one attached hydrogen (secondary N) is 1. The van der Waals surface area contributed by atoms with Crippen LogP contribution in [0.3, 0.4) is 0 Å². The lowest BCUT2D eigenvalue weighted by atomic mass is 9.92. The molecule has 4 nitrogen and oxygen atoms in total. The van der Waals surface area contributed by atoms with Gasteiger partial charge in [0, 0.05) is 13.2 Å². The summed E-state index contributed by atoms with van der Waals surface area (Å²) in [4.78, 5) is 0. The molecular formula is C15H20N2O2. The Balaban J connectivity index is 2.09. The maximum absolute atomic E-state index is 9.64. The van der Waals surface area contributed by atoms with Gasteiger partial charge in [-0.3, -0.25) is 5.32 Å². The fraction of sp³-hybridized carbons (Fsp3) is 0.533. The van der Waals surface area contributed by atoms with Crippen molar-refractivity contribution < 1.29 is 9.47 Å². The zero-order chi connectivity index (χ0) is 13.6. The quantitative estimate of drug-likeness (QED) is 0.724. The van der Waals surface area contributed by atoms with Gasteiger partial charge in [-0.2, -0.15) is 5.26 Å². The fourth-order valence-electron chi connectivity index (χ4n) is 2.00. The number of methoxy groups -OCH3 is 1. The smallest absolute Gasteiger partial charge is 0.156 e. The molecule has 4 heteroatoms. The number of hydrogen-bond acceptors (Lipinski definition) is 4. The van der Waals surface area contributed by atoms with E-state index in [1.54, 1.807) is 7.11 Å². The molecule has 1 saturated carbocycles. The normalized spacial score (nSPS) is 17.7. The molecule has 0 bridgehead atoms. The first-order chi connectivity index (χ1) is 9.30. The Morgan fingerprint density at radius 3 is 2.63 bits per heavy atom. The summed E-state index contributed by atoms with van der Waals surface area (Å²) in [5.41, 5.74) is 0.206. The maximum atomic E-state index is 9.64. The topological polar surface area (TPSA) is 54.3 Å². The highest BCUT2D eigenvalue weighted by atomic mass is 16.5. The zero-order valence-corrected chi connectivity index (χ0v) is 11.3. The Morgan fingerprint density at radius 2 is 2.05 bits per heavy atom. The van der Waals surface area contributed by atoms with Crippen LogP contribution >= 0.6 is 0 Å². The van der Waals surface area contributed by atoms with Crippen LogP contribution in [0, 0.1) is 11.3 Å². The maximum Gasteiger partial charge on any atom is 0.156 e. The van der Waals surface area contributed by atoms with Crippen molar-refractivity contribution in [2.75, 3.05) is 26.9 Å². The van der Waals surface area contributed by atoms with Crippen LogP contribution in [-0.4, -0.2) is 33.0 Å². The molecule has 19 heavy (non-hydrogen) atoms. The number of benzene rings is 1. The second-order valence-corrected chi connectivity index (χ2v) is 4.85. The fourth-order valence-corrected chi connectivity index (χ4v) is 2.00. The van der Waals surface area contributed by atoms with E-state index in [-0.39, 0.29) is 0 Å². The van der Waals surface area contributed by atoms with Crippen LogP contribution in [0.25, 0.3) is 0 Å². The first-order valence-electron chi connectivity index (χ1n) is 6.62. The molecule has 1 unspecified atom stereocenters. The second kappa shape index (κ2) is 6.67. The van der Waals surface area contributed by atoms with Crippen molar-refractivity contribution in [3.63, 3.8) is 0 Å². The summed E-state index contributed by atoms with van der Waals surface area (Å²) >= 11 is 0. The van der Waals surface area contributed by atoms with E-state index < -0.39 is 5.54 Å². The van der Waals surface area contributed by atoms with Crippen LogP contribution < -0.4 is 5.32 Å². The lowest BCUT2D eigenvalue weighted by molar-refractivity contribution is 0.0447. The van der Waals surface area contributed by atoms with Gasteiger partial charge in [0.15, 0.2) is 5.54 Å². The van der Waals surface area contributed by atoms with E-state index in [0.717, 1.165) is 18.4 Å². The van der Waals surface area contributed by atoms with Crippen molar-refractivity contribution in [3.05, 3.63) is 35.9 Å². The zero-order valence-electron chi connectivity index (χ0n) is 11.3. The molecule has 1 aromatic carbocycles. The minimum Gasteiger partial charge on any atom is -0.382 e. The van der Waals surface area contributed by atoms with E-state index in [4.69, 9.17) is 9.47 Å². The highest BCUT2D eigenvalue weighted by Crippen LogP contribution is 2.28. The molecule has 1 aromatic rings. The van der Waals surface area contributed by atoms with Crippen LogP contribution in [-0.2, 0) is 15.0 Å². The van der Waals surface area contributed by atoms with Crippen molar-refractivity contribution in [2.45, 2.75) is 24.4 Å². The van der Waals surface area contributed by atoms with Crippen LogP contribution in [0.1, 0.15) is 18.4 Å². The molecule has 0 radical (unpaired) electrons. The first kappa shape index (κ1) is 14.0. The van der Waals surface area contributed by atoms with E-state index in [2.05, 4.69) is 11.4 Å². The summed E-state index contributed by atoms with van der Waals surface area (Å²) < 4.78 is 10.6. The Kier molecular flexibility index (Phi) is 4.92. The monoisotopic (exact) mass is 260 g/mol. The second-order valence-electron chi connectivity index (χ2n) is 4.85. The predicted octanol–water partition coefficient (Wildman–Crippen LogP) is 1.82. The van der Waals surface area contributed by atoms with Gasteiger partial charge in [0.05, 0.1) is 25.9 Å². The third-order valence-electron chi connectivity index (χ3n) is 3.24. The molecule has 1 atom stereocenters. The summed E-state index contributed by atoms with van der Waals surface area (Å²) in [6.45, 7) is 1.38. The van der Waals surface area contributed by atoms with Crippen LogP contribution in [0.4, 0.5) is 0 Å². The van der Waals surface area contributed by atoms with Gasteiger partial charge in [-0.25, -0.2) is 0 Å². The number of hydrogen-bond donors (Lipinski definition) is 1. The summed E-state index contributed by atoms with van der Waals surface area (Å²) in [6, 6.07) is 12.6. The Hall–Kier alpha value is -1.41. The largest absolute Gasteiger partial charge is 0.382 e. The van der Waals surface area contributed by atoms with Crippen molar-refractivity contribution in [1.82, 2.24) is 5.32 Å². The lowest BCUT2D eigenvalue weighted by Crippen LogP contribution is -2.46. The molecule has 102 valence electrons. The van der Waals surface area contributed by atoms with Crippen LogP contribution in [0.15, 0.2) is 30.3 Å². The van der Waals surface area contributed by atoms with E-state index in [0.29, 0.717) is 25.9 Å². The Morgan fingerprint density at radius 1 is 1.32 bits per heavy atom. The van der Waals surface area contributed by atoms with Crippen molar-refractivity contribution in [2.24, 2.45) is 0 Å². The first-order valence-corrected chi connectivity index (χ1v) is 6.62. The Labute approximate surface area is 114 Å². The molecule has 0 aliphatic heterocycles. The third-order valence-corrected chi connectivity index (χ3v) is 3.24. The van der Waals surface area contributed by atoms with Gasteiger partial charge < -0.3 is 9.47 Å². The Bertz CT molecular complexity index is 426. The molecule has 0 aromatic heterocycles. The molecule has 0 saturated heterocycles. The average molecular weight is 260 g/mol. The predicted molar refractivity (Wildman–Crippen MR) is 72.6 cm³/mol. The van der Waals surface area contributed by atoms with Crippen molar-refractivity contribution in [1.29, 1.82) is 5.26 Å². The molecule has 2 rings (SSSR count). The van der Waals surface area contributed by atoms with Gasteiger partial charge in [0.2, 0.25) is 0 Å². The van der Waals surface area contributed by atoms with Crippen LogP contribution in [0.5, 0.6) is 0 Å². The minimum absolute atomic E-state index is 0.341. The highest BCUT2D eigenvalue weighted by molar-refractivity contribution is 5.32. The molecule has 0 spiro atoms. The molecule has 1 fully saturated rings. The average Bonchev–Trinajstić information content (AvgIpc) is 3.27. The van der Waals surface area contributed by atoms with E-state index in [1.165, 1.54) is 0 Å². The van der Waals surface area contributed by atoms with Crippen molar-refractivity contribution >= 4 is 0 Å².